The Hall–Kier alpha value is -2.33. The maximum Gasteiger partial charge on any atom is 0.352 e. The molecule has 25 heavy (non-hydrogen) atoms. The second kappa shape index (κ2) is 6.89. The van der Waals surface area contributed by atoms with Gasteiger partial charge < -0.3 is 15.2 Å². The lowest BCUT2D eigenvalue weighted by atomic mass is 10.0. The number of carbonyl (C=O) groups excluding carboxylic acids is 3. The number of hydrogen-bond donors (Lipinski definition) is 2. The Morgan fingerprint density at radius 1 is 1.44 bits per heavy atom. The normalized spacial score (nSPS) is 22.1. The third kappa shape index (κ3) is 3.27. The molecule has 1 aromatic rings. The second-order valence-electron chi connectivity index (χ2n) is 5.38. The molecule has 1 saturated heterocycles. The first-order valence-electron chi connectivity index (χ1n) is 7.28. The fourth-order valence-electron chi connectivity index (χ4n) is 2.60. The molecule has 2 unspecified atom stereocenters. The highest BCUT2D eigenvalue weighted by Gasteiger charge is 2.54. The van der Waals surface area contributed by atoms with Crippen LogP contribution in [0, 0.1) is 0 Å². The molecule has 2 atom stereocenters. The molecule has 2 N–H and O–H groups in total. The number of fused-ring (bicyclic) bond motifs is 1. The molecule has 2 amide bonds. The fourth-order valence-corrected chi connectivity index (χ4v) is 4.56. The summed E-state index contributed by atoms with van der Waals surface area (Å²) in [5.41, 5.74) is 0.192. The number of aliphatic carboxylic acids is 1. The molecule has 10 heteroatoms. The zero-order valence-corrected chi connectivity index (χ0v) is 14.7. The van der Waals surface area contributed by atoms with Crippen molar-refractivity contribution in [2.75, 3.05) is 12.4 Å². The molecule has 8 nitrogen and oxygen atoms in total. The Labute approximate surface area is 150 Å². The molecule has 0 saturated carbocycles. The van der Waals surface area contributed by atoms with E-state index in [1.807, 2.05) is 0 Å². The number of thioether (sulfide) groups is 1. The van der Waals surface area contributed by atoms with E-state index in [9.17, 15) is 24.3 Å². The number of amides is 2. The number of rotatable bonds is 5. The maximum atomic E-state index is 12.4. The number of hydrogen-bond acceptors (Lipinski definition) is 7. The molecule has 1 aromatic heterocycles. The molecule has 0 bridgehead atoms. The molecule has 2 aliphatic rings. The van der Waals surface area contributed by atoms with Gasteiger partial charge in [0.05, 0.1) is 4.88 Å². The van der Waals surface area contributed by atoms with Crippen LogP contribution in [0.15, 0.2) is 28.8 Å². The van der Waals surface area contributed by atoms with Gasteiger partial charge in [0.1, 0.15) is 23.7 Å². The summed E-state index contributed by atoms with van der Waals surface area (Å²) in [5, 5.41) is 13.4. The minimum atomic E-state index is -1.26. The number of nitrogens with one attached hydrogen (secondary N) is 1. The van der Waals surface area contributed by atoms with Crippen molar-refractivity contribution in [3.8, 4) is 0 Å². The third-order valence-electron chi connectivity index (χ3n) is 3.73. The largest absolute Gasteiger partial charge is 0.477 e. The van der Waals surface area contributed by atoms with E-state index in [4.69, 9.17) is 4.74 Å². The van der Waals surface area contributed by atoms with Crippen molar-refractivity contribution < 1.29 is 29.0 Å². The maximum absolute atomic E-state index is 12.4. The molecular weight excluding hydrogens is 368 g/mol. The van der Waals surface area contributed by atoms with E-state index < -0.39 is 29.3 Å². The smallest absolute Gasteiger partial charge is 0.352 e. The summed E-state index contributed by atoms with van der Waals surface area (Å²) in [6.45, 7) is 1.05. The molecule has 2 aliphatic heterocycles. The number of β-lactam (4-membered cyclic amide) rings is 1. The van der Waals surface area contributed by atoms with Gasteiger partial charge in [-0.05, 0) is 11.4 Å². The van der Waals surface area contributed by atoms with Crippen LogP contribution >= 0.6 is 23.1 Å². The number of esters is 1. The van der Waals surface area contributed by atoms with E-state index in [1.54, 1.807) is 17.5 Å². The highest BCUT2D eigenvalue weighted by molar-refractivity contribution is 8.00. The van der Waals surface area contributed by atoms with Crippen LogP contribution in [0.25, 0.3) is 0 Å². The first-order chi connectivity index (χ1) is 11.9. The summed E-state index contributed by atoms with van der Waals surface area (Å²) in [4.78, 5) is 48.7. The summed E-state index contributed by atoms with van der Waals surface area (Å²) in [6.07, 6.45) is 0. The van der Waals surface area contributed by atoms with Crippen LogP contribution in [0.2, 0.25) is 0 Å². The Morgan fingerprint density at radius 3 is 2.80 bits per heavy atom. The molecule has 0 radical (unpaired) electrons. The van der Waals surface area contributed by atoms with E-state index in [1.165, 1.54) is 30.0 Å². The predicted octanol–water partition coefficient (Wildman–Crippen LogP) is 0.663. The van der Waals surface area contributed by atoms with Crippen LogP contribution in [0.5, 0.6) is 0 Å². The van der Waals surface area contributed by atoms with Crippen molar-refractivity contribution in [3.05, 3.63) is 33.7 Å². The second-order valence-corrected chi connectivity index (χ2v) is 7.43. The minimum Gasteiger partial charge on any atom is -0.477 e. The van der Waals surface area contributed by atoms with Gasteiger partial charge in [0.15, 0.2) is 0 Å². The molecule has 0 aromatic carbocycles. The Bertz CT molecular complexity index is 773. The van der Waals surface area contributed by atoms with Gasteiger partial charge in [-0.15, -0.1) is 23.1 Å². The number of carbonyl (C=O) groups is 4. The topological polar surface area (TPSA) is 113 Å². The van der Waals surface area contributed by atoms with Crippen molar-refractivity contribution >= 4 is 46.9 Å². The first-order valence-corrected chi connectivity index (χ1v) is 9.20. The number of thiophene rings is 1. The molecule has 0 spiro atoms. The average molecular weight is 382 g/mol. The summed E-state index contributed by atoms with van der Waals surface area (Å²) in [7, 11) is 0. The van der Waals surface area contributed by atoms with E-state index in [0.29, 0.717) is 16.2 Å². The van der Waals surface area contributed by atoms with Crippen molar-refractivity contribution in [1.82, 2.24) is 10.2 Å². The molecule has 0 aliphatic carbocycles. The Morgan fingerprint density at radius 2 is 2.20 bits per heavy atom. The van der Waals surface area contributed by atoms with Crippen LogP contribution in [0.4, 0.5) is 0 Å². The van der Waals surface area contributed by atoms with E-state index in [0.717, 1.165) is 4.90 Å². The van der Waals surface area contributed by atoms with Crippen LogP contribution in [-0.4, -0.2) is 57.5 Å². The highest BCUT2D eigenvalue weighted by Crippen LogP contribution is 2.40. The van der Waals surface area contributed by atoms with Crippen molar-refractivity contribution in [2.45, 2.75) is 18.3 Å². The average Bonchev–Trinajstić information content (AvgIpc) is 3.11. The third-order valence-corrected chi connectivity index (χ3v) is 5.94. The fraction of sp³-hybridized carbons (Fsp3) is 0.333. The van der Waals surface area contributed by atoms with Crippen LogP contribution < -0.4 is 5.32 Å². The summed E-state index contributed by atoms with van der Waals surface area (Å²) in [5.74, 6) is -2.33. The van der Waals surface area contributed by atoms with Gasteiger partial charge in [-0.25, -0.2) is 4.79 Å². The lowest BCUT2D eigenvalue weighted by Crippen LogP contribution is -2.70. The quantitative estimate of drug-likeness (QED) is 0.568. The summed E-state index contributed by atoms with van der Waals surface area (Å²) < 4.78 is 4.87. The van der Waals surface area contributed by atoms with Crippen molar-refractivity contribution in [1.29, 1.82) is 0 Å². The molecular formula is C15H14N2O6S2. The summed E-state index contributed by atoms with van der Waals surface area (Å²) in [6, 6.07) is 2.61. The van der Waals surface area contributed by atoms with E-state index in [2.05, 4.69) is 5.32 Å². The van der Waals surface area contributed by atoms with Crippen LogP contribution in [0.3, 0.4) is 0 Å². The van der Waals surface area contributed by atoms with E-state index in [-0.39, 0.29) is 18.2 Å². The van der Waals surface area contributed by atoms with Crippen LogP contribution in [0.1, 0.15) is 16.6 Å². The van der Waals surface area contributed by atoms with Gasteiger partial charge in [0.25, 0.3) is 11.8 Å². The number of ether oxygens (including phenoxy) is 1. The van der Waals surface area contributed by atoms with Crippen molar-refractivity contribution in [2.24, 2.45) is 0 Å². The molecule has 132 valence electrons. The van der Waals surface area contributed by atoms with Gasteiger partial charge in [-0.3, -0.25) is 19.3 Å². The van der Waals surface area contributed by atoms with Crippen LogP contribution in [-0.2, 0) is 19.1 Å². The van der Waals surface area contributed by atoms with Gasteiger partial charge in [-0.1, -0.05) is 6.07 Å². The Kier molecular flexibility index (Phi) is 4.82. The van der Waals surface area contributed by atoms with Gasteiger partial charge in [0.2, 0.25) is 0 Å². The highest BCUT2D eigenvalue weighted by atomic mass is 32.2. The standard InChI is InChI=1S/C15H14N2O6S2/c1-7(18)23-5-8-6-25-14-10(13(20)17(14)11(8)15(21)22)16-12(19)9-3-2-4-24-9/h2-4,10,14H,5-6H2,1H3,(H,16,19)(H,21,22). The van der Waals surface area contributed by atoms with Gasteiger partial charge in [-0.2, -0.15) is 0 Å². The first kappa shape index (κ1) is 17.5. The SMILES string of the molecule is CC(=O)OCC1=C(C(=O)O)N2C(=O)C(NC(=O)c3cccs3)C2SC1. The lowest BCUT2D eigenvalue weighted by molar-refractivity contribution is -0.149. The lowest BCUT2D eigenvalue weighted by Gasteiger charge is -2.49. The predicted molar refractivity (Wildman–Crippen MR) is 90.0 cm³/mol. The Balaban J connectivity index is 1.76. The van der Waals surface area contributed by atoms with Gasteiger partial charge in [0, 0.05) is 18.2 Å². The van der Waals surface area contributed by atoms with E-state index >= 15 is 0 Å². The molecule has 1 fully saturated rings. The summed E-state index contributed by atoms with van der Waals surface area (Å²) >= 11 is 2.58. The minimum absolute atomic E-state index is 0.170. The molecule has 3 rings (SSSR count). The number of carboxylic acid groups (broad SMARTS) is 1. The number of carboxylic acids is 1. The van der Waals surface area contributed by atoms with Gasteiger partial charge >= 0.3 is 11.9 Å². The molecule has 3 heterocycles. The zero-order chi connectivity index (χ0) is 18.1. The zero-order valence-electron chi connectivity index (χ0n) is 13.1. The number of nitrogens with zero attached hydrogens (tertiary/aromatic N) is 1. The van der Waals surface area contributed by atoms with Crippen molar-refractivity contribution in [3.63, 3.8) is 0 Å². The monoisotopic (exact) mass is 382 g/mol.